The van der Waals surface area contributed by atoms with Gasteiger partial charge in [0.05, 0.1) is 6.04 Å². The largest absolute Gasteiger partial charge is 0.352 e. The molecule has 2 aliphatic carbocycles. The maximum Gasteiger partial charge on any atom is 0.237 e. The highest BCUT2D eigenvalue weighted by molar-refractivity contribution is 5.81. The Balaban J connectivity index is 1.69. The molecular formula is C13H24N2O. The van der Waals surface area contributed by atoms with Crippen LogP contribution in [0.4, 0.5) is 0 Å². The first-order chi connectivity index (χ1) is 7.65. The molecule has 1 atom stereocenters. The summed E-state index contributed by atoms with van der Waals surface area (Å²) >= 11 is 0. The molecular weight excluding hydrogens is 200 g/mol. The second kappa shape index (κ2) is 4.74. The van der Waals surface area contributed by atoms with E-state index in [1.165, 1.54) is 25.7 Å². The zero-order valence-corrected chi connectivity index (χ0v) is 10.5. The molecule has 2 saturated carbocycles. The molecule has 3 nitrogen and oxygen atoms in total. The predicted octanol–water partition coefficient (Wildman–Crippen LogP) is 1.82. The predicted molar refractivity (Wildman–Crippen MR) is 65.2 cm³/mol. The van der Waals surface area contributed by atoms with Crippen LogP contribution in [0.25, 0.3) is 0 Å². The quantitative estimate of drug-likeness (QED) is 0.722. The molecule has 0 aromatic carbocycles. The number of rotatable bonds is 6. The number of hydrogen-bond donors (Lipinski definition) is 2. The summed E-state index contributed by atoms with van der Waals surface area (Å²) in [7, 11) is 0. The average Bonchev–Trinajstić information content (AvgIpc) is 3.00. The first kappa shape index (κ1) is 11.9. The minimum absolute atomic E-state index is 0.0374. The zero-order chi connectivity index (χ0) is 11.6. The number of nitrogens with one attached hydrogen (secondary N) is 2. The monoisotopic (exact) mass is 224 g/mol. The van der Waals surface area contributed by atoms with Crippen molar-refractivity contribution >= 4 is 5.91 Å². The van der Waals surface area contributed by atoms with E-state index in [1.807, 2.05) is 6.92 Å². The molecule has 0 radical (unpaired) electrons. The van der Waals surface area contributed by atoms with Crippen molar-refractivity contribution < 1.29 is 4.79 Å². The van der Waals surface area contributed by atoms with Gasteiger partial charge in [0.1, 0.15) is 0 Å². The minimum Gasteiger partial charge on any atom is -0.352 e. The van der Waals surface area contributed by atoms with Crippen molar-refractivity contribution in [1.29, 1.82) is 0 Å². The Morgan fingerprint density at radius 2 is 2.12 bits per heavy atom. The van der Waals surface area contributed by atoms with Crippen molar-refractivity contribution in [2.75, 3.05) is 6.54 Å². The molecule has 0 aliphatic heterocycles. The first-order valence-corrected chi connectivity index (χ1v) is 6.69. The lowest BCUT2D eigenvalue weighted by Crippen LogP contribution is -2.48. The molecule has 0 heterocycles. The van der Waals surface area contributed by atoms with Crippen molar-refractivity contribution in [2.45, 2.75) is 64.5 Å². The highest BCUT2D eigenvalue weighted by Gasteiger charge is 2.35. The summed E-state index contributed by atoms with van der Waals surface area (Å²) in [4.78, 5) is 11.7. The van der Waals surface area contributed by atoms with E-state index < -0.39 is 0 Å². The van der Waals surface area contributed by atoms with E-state index in [4.69, 9.17) is 0 Å². The Morgan fingerprint density at radius 3 is 2.56 bits per heavy atom. The molecule has 1 unspecified atom stereocenters. The number of carbonyl (C=O) groups is 1. The molecule has 2 fully saturated rings. The lowest BCUT2D eigenvalue weighted by Gasteiger charge is -2.42. The van der Waals surface area contributed by atoms with Gasteiger partial charge in [0, 0.05) is 12.6 Å². The normalized spacial score (nSPS) is 24.6. The second-order valence-electron chi connectivity index (χ2n) is 5.59. The molecule has 3 heteroatoms. The van der Waals surface area contributed by atoms with Gasteiger partial charge in [-0.05, 0) is 44.4 Å². The van der Waals surface area contributed by atoms with Gasteiger partial charge in [0.2, 0.25) is 5.91 Å². The van der Waals surface area contributed by atoms with E-state index in [-0.39, 0.29) is 11.9 Å². The van der Waals surface area contributed by atoms with Gasteiger partial charge in [-0.2, -0.15) is 0 Å². The molecule has 0 saturated heterocycles. The third-order valence-corrected chi connectivity index (χ3v) is 4.26. The summed E-state index contributed by atoms with van der Waals surface area (Å²) in [5.41, 5.74) is 0.494. The fourth-order valence-corrected chi connectivity index (χ4v) is 2.35. The summed E-state index contributed by atoms with van der Waals surface area (Å²) in [6, 6.07) is 0.435. The van der Waals surface area contributed by atoms with Gasteiger partial charge in [-0.1, -0.05) is 13.3 Å². The number of hydrogen-bond acceptors (Lipinski definition) is 2. The molecule has 0 spiro atoms. The van der Waals surface area contributed by atoms with Gasteiger partial charge in [0.25, 0.3) is 0 Å². The van der Waals surface area contributed by atoms with Crippen LogP contribution in [0.5, 0.6) is 0 Å². The van der Waals surface area contributed by atoms with Crippen molar-refractivity contribution in [3.8, 4) is 0 Å². The summed E-state index contributed by atoms with van der Waals surface area (Å²) in [5, 5.41) is 6.44. The third kappa shape index (κ3) is 2.76. The summed E-state index contributed by atoms with van der Waals surface area (Å²) < 4.78 is 0. The van der Waals surface area contributed by atoms with Crippen LogP contribution in [-0.4, -0.2) is 24.5 Å². The van der Waals surface area contributed by atoms with Crippen LogP contribution in [0.1, 0.15) is 52.4 Å². The molecule has 16 heavy (non-hydrogen) atoms. The number of carbonyl (C=O) groups excluding carboxylic acids is 1. The van der Waals surface area contributed by atoms with Gasteiger partial charge >= 0.3 is 0 Å². The van der Waals surface area contributed by atoms with E-state index >= 15 is 0 Å². The maximum atomic E-state index is 11.7. The van der Waals surface area contributed by atoms with Crippen LogP contribution >= 0.6 is 0 Å². The zero-order valence-electron chi connectivity index (χ0n) is 10.5. The van der Waals surface area contributed by atoms with Crippen LogP contribution in [0.15, 0.2) is 0 Å². The molecule has 0 bridgehead atoms. The first-order valence-electron chi connectivity index (χ1n) is 6.69. The van der Waals surface area contributed by atoms with E-state index in [0.29, 0.717) is 11.5 Å². The summed E-state index contributed by atoms with van der Waals surface area (Å²) in [5.74, 6) is 0.174. The second-order valence-corrected chi connectivity index (χ2v) is 5.59. The standard InChI is InChI=1S/C13H24N2O/c1-3-13(7-4-8-13)9-14-10(2)12(16)15-11-5-6-11/h10-11,14H,3-9H2,1-2H3,(H,15,16). The van der Waals surface area contributed by atoms with Crippen LogP contribution < -0.4 is 10.6 Å². The maximum absolute atomic E-state index is 11.7. The van der Waals surface area contributed by atoms with Crippen molar-refractivity contribution in [2.24, 2.45) is 5.41 Å². The van der Waals surface area contributed by atoms with Crippen LogP contribution in [0.2, 0.25) is 0 Å². The molecule has 2 aliphatic rings. The van der Waals surface area contributed by atoms with Crippen molar-refractivity contribution in [3.63, 3.8) is 0 Å². The Kier molecular flexibility index (Phi) is 3.53. The smallest absolute Gasteiger partial charge is 0.237 e. The van der Waals surface area contributed by atoms with Gasteiger partial charge in [0.15, 0.2) is 0 Å². The van der Waals surface area contributed by atoms with Crippen LogP contribution in [0, 0.1) is 5.41 Å². The van der Waals surface area contributed by atoms with Crippen molar-refractivity contribution in [3.05, 3.63) is 0 Å². The molecule has 92 valence electrons. The van der Waals surface area contributed by atoms with E-state index in [1.54, 1.807) is 0 Å². The summed E-state index contributed by atoms with van der Waals surface area (Å²) in [6.07, 6.45) is 7.57. The highest BCUT2D eigenvalue weighted by Crippen LogP contribution is 2.43. The van der Waals surface area contributed by atoms with Gasteiger partial charge in [-0.25, -0.2) is 0 Å². The Hall–Kier alpha value is -0.570. The SMILES string of the molecule is CCC1(CNC(C)C(=O)NC2CC2)CCC1. The van der Waals surface area contributed by atoms with Gasteiger partial charge in [-0.15, -0.1) is 0 Å². The number of amides is 1. The van der Waals surface area contributed by atoms with Crippen LogP contribution in [-0.2, 0) is 4.79 Å². The van der Waals surface area contributed by atoms with Gasteiger partial charge in [-0.3, -0.25) is 4.79 Å². The Morgan fingerprint density at radius 1 is 1.44 bits per heavy atom. The Labute approximate surface area is 98.4 Å². The van der Waals surface area contributed by atoms with E-state index in [0.717, 1.165) is 19.4 Å². The van der Waals surface area contributed by atoms with Gasteiger partial charge < -0.3 is 10.6 Å². The lowest BCUT2D eigenvalue weighted by atomic mass is 9.67. The van der Waals surface area contributed by atoms with Crippen molar-refractivity contribution in [1.82, 2.24) is 10.6 Å². The lowest BCUT2D eigenvalue weighted by molar-refractivity contribution is -0.123. The molecule has 0 aromatic rings. The molecule has 1 amide bonds. The topological polar surface area (TPSA) is 41.1 Å². The van der Waals surface area contributed by atoms with E-state index in [2.05, 4.69) is 17.6 Å². The summed E-state index contributed by atoms with van der Waals surface area (Å²) in [6.45, 7) is 5.23. The average molecular weight is 224 g/mol. The fraction of sp³-hybridized carbons (Fsp3) is 0.923. The molecule has 2 rings (SSSR count). The van der Waals surface area contributed by atoms with E-state index in [9.17, 15) is 4.79 Å². The fourth-order valence-electron chi connectivity index (χ4n) is 2.35. The minimum atomic E-state index is -0.0374. The molecule has 0 aromatic heterocycles. The highest BCUT2D eigenvalue weighted by atomic mass is 16.2. The third-order valence-electron chi connectivity index (χ3n) is 4.26. The Bertz CT molecular complexity index is 251. The van der Waals surface area contributed by atoms with Crippen LogP contribution in [0.3, 0.4) is 0 Å². The molecule has 2 N–H and O–H groups in total.